The number of H-pyrrole nitrogens is 1. The molecule has 0 amide bonds. The van der Waals surface area contributed by atoms with E-state index in [1.165, 1.54) is 0 Å². The molecule has 1 aromatic rings. The van der Waals surface area contributed by atoms with Gasteiger partial charge in [0.25, 0.3) is 0 Å². The first-order chi connectivity index (χ1) is 4.70. The van der Waals surface area contributed by atoms with Crippen molar-refractivity contribution in [3.63, 3.8) is 0 Å². The Hall–Kier alpha value is 0.760. The van der Waals surface area contributed by atoms with Crippen LogP contribution in [0.3, 0.4) is 0 Å². The summed E-state index contributed by atoms with van der Waals surface area (Å²) in [6.07, 6.45) is 0. The first kappa shape index (κ1) is 15.2. The van der Waals surface area contributed by atoms with Gasteiger partial charge in [-0.15, -0.1) is 0 Å². The number of carboxylic acids is 1. The zero-order valence-electron chi connectivity index (χ0n) is 8.81. The molecule has 0 aromatic carbocycles. The smallest absolute Gasteiger partial charge is 1.00 e. The molecule has 0 saturated heterocycles. The molecule has 1 heterocycles. The zero-order valence-corrected chi connectivity index (χ0v) is 11.6. The molecule has 9 heteroatoms. The van der Waals surface area contributed by atoms with Crippen LogP contribution in [0.4, 0.5) is 0 Å². The fraction of sp³-hybridized carbons (Fsp3) is 0.333. The van der Waals surface area contributed by atoms with Crippen molar-refractivity contribution in [1.29, 1.82) is 0 Å². The second-order valence-electron chi connectivity index (χ2n) is 1.56. The molecule has 0 radical (unpaired) electrons. The van der Waals surface area contributed by atoms with Crippen LogP contribution in [0.2, 0.25) is 0 Å². The number of nitrogens with one attached hydrogen (secondary N) is 1. The number of tetrazole rings is 1. The summed E-state index contributed by atoms with van der Waals surface area (Å²) in [4.78, 5) is 10.1. The Morgan fingerprint density at radius 1 is 1.75 bits per heavy atom. The van der Waals surface area contributed by atoms with Crippen molar-refractivity contribution < 1.29 is 71.9 Å². The van der Waals surface area contributed by atoms with E-state index in [9.17, 15) is 4.79 Å². The minimum Gasteiger partial charge on any atom is -1.00 e. The minimum atomic E-state index is -0.984. The Kier molecular flexibility index (Phi) is 9.13. The SMILES string of the molecule is O=C(O)Cn1[nH]nnc1=S.[H-].[H-].[Na+].[Na+]. The van der Waals surface area contributed by atoms with Crippen LogP contribution < -0.4 is 59.1 Å². The molecule has 0 aliphatic rings. The van der Waals surface area contributed by atoms with Gasteiger partial charge in [0, 0.05) is 0 Å². The van der Waals surface area contributed by atoms with Crippen molar-refractivity contribution in [3.8, 4) is 0 Å². The molecule has 0 unspecified atom stereocenters. The quantitative estimate of drug-likeness (QED) is 0.373. The van der Waals surface area contributed by atoms with Gasteiger partial charge in [0.15, 0.2) is 0 Å². The van der Waals surface area contributed by atoms with Crippen molar-refractivity contribution in [2.24, 2.45) is 0 Å². The van der Waals surface area contributed by atoms with E-state index < -0.39 is 5.97 Å². The third kappa shape index (κ3) is 4.70. The Balaban J connectivity index is -0.000000125. The largest absolute Gasteiger partial charge is 1.00 e. The zero-order chi connectivity index (χ0) is 7.56. The van der Waals surface area contributed by atoms with Gasteiger partial charge in [-0.25, -0.2) is 4.68 Å². The summed E-state index contributed by atoms with van der Waals surface area (Å²) >= 11 is 4.60. The van der Waals surface area contributed by atoms with Crippen LogP contribution in [0.25, 0.3) is 0 Å². The first-order valence-corrected chi connectivity index (χ1v) is 2.80. The van der Waals surface area contributed by atoms with Gasteiger partial charge in [-0.2, -0.15) is 5.21 Å². The predicted octanol–water partition coefficient (Wildman–Crippen LogP) is -6.35. The first-order valence-electron chi connectivity index (χ1n) is 2.40. The molecular weight excluding hydrogens is 202 g/mol. The average Bonchev–Trinajstić information content (AvgIpc) is 2.15. The van der Waals surface area contributed by atoms with Crippen LogP contribution in [-0.2, 0) is 11.3 Å². The molecule has 2 N–H and O–H groups in total. The fourth-order valence-electron chi connectivity index (χ4n) is 0.454. The van der Waals surface area contributed by atoms with E-state index in [0.717, 1.165) is 4.68 Å². The number of aromatic nitrogens is 4. The molecular formula is C3H6N4Na2O2S. The average molecular weight is 208 g/mol. The predicted molar refractivity (Wildman–Crippen MR) is 35.1 cm³/mol. The summed E-state index contributed by atoms with van der Waals surface area (Å²) in [7, 11) is 0. The van der Waals surface area contributed by atoms with E-state index >= 15 is 0 Å². The molecule has 6 nitrogen and oxygen atoms in total. The molecule has 0 saturated carbocycles. The normalized spacial score (nSPS) is 8.00. The van der Waals surface area contributed by atoms with Gasteiger partial charge in [0.05, 0.1) is 0 Å². The number of hydrogen-bond acceptors (Lipinski definition) is 4. The number of aliphatic carboxylic acids is 1. The molecule has 0 aliphatic heterocycles. The third-order valence-electron chi connectivity index (χ3n) is 0.825. The van der Waals surface area contributed by atoms with Crippen LogP contribution >= 0.6 is 12.2 Å². The summed E-state index contributed by atoms with van der Waals surface area (Å²) < 4.78 is 1.29. The second-order valence-corrected chi connectivity index (χ2v) is 1.93. The van der Waals surface area contributed by atoms with Gasteiger partial charge < -0.3 is 7.96 Å². The van der Waals surface area contributed by atoms with Gasteiger partial charge in [-0.05, 0) is 12.2 Å². The van der Waals surface area contributed by atoms with Gasteiger partial charge in [-0.3, -0.25) is 4.79 Å². The number of aromatic amines is 1. The molecule has 12 heavy (non-hydrogen) atoms. The van der Waals surface area contributed by atoms with Gasteiger partial charge in [-0.1, -0.05) is 10.3 Å². The van der Waals surface area contributed by atoms with Crippen LogP contribution in [0.5, 0.6) is 0 Å². The summed E-state index contributed by atoms with van der Waals surface area (Å²) in [5.41, 5.74) is 0. The molecule has 1 aromatic heterocycles. The second kappa shape index (κ2) is 7.19. The number of hydrogen-bond donors (Lipinski definition) is 2. The van der Waals surface area contributed by atoms with E-state index in [-0.39, 0.29) is 73.3 Å². The van der Waals surface area contributed by atoms with Crippen molar-refractivity contribution in [2.75, 3.05) is 0 Å². The van der Waals surface area contributed by atoms with Crippen molar-refractivity contribution in [3.05, 3.63) is 4.77 Å². The van der Waals surface area contributed by atoms with Gasteiger partial charge in [0.2, 0.25) is 4.77 Å². The van der Waals surface area contributed by atoms with E-state index in [1.807, 2.05) is 0 Å². The maximum absolute atomic E-state index is 10.1. The van der Waals surface area contributed by atoms with E-state index in [0.29, 0.717) is 0 Å². The number of rotatable bonds is 2. The molecule has 0 spiro atoms. The van der Waals surface area contributed by atoms with Gasteiger partial charge >= 0.3 is 65.1 Å². The van der Waals surface area contributed by atoms with Crippen LogP contribution in [-0.4, -0.2) is 31.3 Å². The number of carbonyl (C=O) groups is 1. The molecule has 58 valence electrons. The Labute approximate surface area is 120 Å². The molecule has 0 bridgehead atoms. The maximum atomic E-state index is 10.1. The molecule has 0 aliphatic carbocycles. The fourth-order valence-corrected chi connectivity index (χ4v) is 0.600. The third-order valence-corrected chi connectivity index (χ3v) is 1.13. The standard InChI is InChI=1S/C3H4N4O2S.2Na.2H/c8-2(9)1-7-3(10)4-5-6-7;;;;/h1H2,(H,8,9)(H,4,6,10);;;;/q;2*+1;2*-1. The monoisotopic (exact) mass is 208 g/mol. The van der Waals surface area contributed by atoms with Gasteiger partial charge in [0.1, 0.15) is 6.54 Å². The summed E-state index contributed by atoms with van der Waals surface area (Å²) in [6, 6.07) is 0. The van der Waals surface area contributed by atoms with Crippen molar-refractivity contribution in [2.45, 2.75) is 6.54 Å². The Morgan fingerprint density at radius 3 is 2.67 bits per heavy atom. The Morgan fingerprint density at radius 2 is 2.33 bits per heavy atom. The molecule has 0 atom stereocenters. The van der Waals surface area contributed by atoms with E-state index in [2.05, 4.69) is 27.7 Å². The van der Waals surface area contributed by atoms with Crippen LogP contribution in [0.15, 0.2) is 0 Å². The topological polar surface area (TPSA) is 83.8 Å². The number of carboxylic acid groups (broad SMARTS) is 1. The minimum absolute atomic E-state index is 0. The van der Waals surface area contributed by atoms with Crippen LogP contribution in [0.1, 0.15) is 2.85 Å². The van der Waals surface area contributed by atoms with Crippen LogP contribution in [0, 0.1) is 4.77 Å². The molecule has 1 rings (SSSR count). The summed E-state index contributed by atoms with van der Waals surface area (Å²) in [5.74, 6) is -0.984. The van der Waals surface area contributed by atoms with Crippen molar-refractivity contribution in [1.82, 2.24) is 20.2 Å². The maximum Gasteiger partial charge on any atom is 1.00 e. The molecule has 0 fully saturated rings. The van der Waals surface area contributed by atoms with E-state index in [4.69, 9.17) is 5.11 Å². The van der Waals surface area contributed by atoms with E-state index in [1.54, 1.807) is 0 Å². The summed E-state index contributed by atoms with van der Waals surface area (Å²) in [6.45, 7) is -0.230. The van der Waals surface area contributed by atoms with Crippen molar-refractivity contribution >= 4 is 18.2 Å². The Bertz CT molecular complexity index is 305. The number of nitrogens with zero attached hydrogens (tertiary/aromatic N) is 3. The summed E-state index contributed by atoms with van der Waals surface area (Å²) in [5, 5.41) is 17.2.